The van der Waals surface area contributed by atoms with Gasteiger partial charge in [-0.15, -0.1) is 0 Å². The number of nitrogens with two attached hydrogens (primary N) is 2. The first-order valence-corrected chi connectivity index (χ1v) is 11.6. The van der Waals surface area contributed by atoms with Crippen LogP contribution in [0.15, 0.2) is 0 Å². The number of likely N-dealkylation sites (tertiary alicyclic amines) is 1. The van der Waals surface area contributed by atoms with Crippen molar-refractivity contribution in [2.45, 2.75) is 62.9 Å². The van der Waals surface area contributed by atoms with Gasteiger partial charge in [-0.2, -0.15) is 0 Å². The summed E-state index contributed by atoms with van der Waals surface area (Å²) < 4.78 is 5.20. The number of rotatable bonds is 12. The molecule has 0 radical (unpaired) electrons. The summed E-state index contributed by atoms with van der Waals surface area (Å²) in [5, 5.41) is 15.1. The van der Waals surface area contributed by atoms with Crippen LogP contribution in [0.4, 0.5) is 4.79 Å². The molecule has 2 aliphatic rings. The van der Waals surface area contributed by atoms with Crippen molar-refractivity contribution in [1.29, 1.82) is 5.41 Å². The van der Waals surface area contributed by atoms with Gasteiger partial charge in [-0.25, -0.2) is 9.59 Å². The van der Waals surface area contributed by atoms with Gasteiger partial charge in [0.2, 0.25) is 5.91 Å². The summed E-state index contributed by atoms with van der Waals surface area (Å²) in [6.45, 7) is 1.51. The molecule has 1 aliphatic carbocycles. The molecular formula is C21H37N7O5. The van der Waals surface area contributed by atoms with Crippen LogP contribution in [0.1, 0.15) is 51.4 Å². The molecule has 8 N–H and O–H groups in total. The van der Waals surface area contributed by atoms with E-state index < -0.39 is 30.2 Å². The Morgan fingerprint density at radius 1 is 1.15 bits per heavy atom. The first-order valence-electron chi connectivity index (χ1n) is 11.6. The second kappa shape index (κ2) is 13.0. The minimum atomic E-state index is -1.90. The van der Waals surface area contributed by atoms with E-state index in [1.807, 2.05) is 0 Å². The van der Waals surface area contributed by atoms with Crippen molar-refractivity contribution in [2.24, 2.45) is 17.4 Å². The van der Waals surface area contributed by atoms with E-state index in [1.165, 1.54) is 6.42 Å². The largest absolute Gasteiger partial charge is 0.461 e. The molecule has 0 aromatic carbocycles. The number of hydrogen-bond donors (Lipinski definition) is 6. The zero-order valence-electron chi connectivity index (χ0n) is 19.1. The number of ether oxygens (including phenoxy) is 1. The predicted octanol–water partition coefficient (Wildman–Crippen LogP) is -0.830. The van der Waals surface area contributed by atoms with E-state index in [-0.39, 0.29) is 24.8 Å². The van der Waals surface area contributed by atoms with Gasteiger partial charge in [-0.05, 0) is 38.0 Å². The van der Waals surface area contributed by atoms with E-state index in [2.05, 4.69) is 16.0 Å². The molecule has 0 aromatic rings. The second-order valence-corrected chi connectivity index (χ2v) is 8.79. The van der Waals surface area contributed by atoms with E-state index in [9.17, 15) is 19.2 Å². The lowest BCUT2D eigenvalue weighted by molar-refractivity contribution is -0.154. The third-order valence-corrected chi connectivity index (χ3v) is 6.10. The van der Waals surface area contributed by atoms with Crippen LogP contribution in [0.2, 0.25) is 0 Å². The minimum absolute atomic E-state index is 0.0321. The van der Waals surface area contributed by atoms with Crippen LogP contribution in [0.25, 0.3) is 0 Å². The first-order chi connectivity index (χ1) is 15.7. The lowest BCUT2D eigenvalue weighted by Gasteiger charge is -2.34. The minimum Gasteiger partial charge on any atom is -0.461 e. The van der Waals surface area contributed by atoms with Gasteiger partial charge in [0.25, 0.3) is 0 Å². The second-order valence-electron chi connectivity index (χ2n) is 8.79. The maximum atomic E-state index is 12.7. The van der Waals surface area contributed by atoms with E-state index >= 15 is 0 Å². The van der Waals surface area contributed by atoms with Crippen molar-refractivity contribution in [3.05, 3.63) is 0 Å². The number of nitrogens with zero attached hydrogens (tertiary/aromatic N) is 1. The molecule has 1 heterocycles. The molecule has 12 heteroatoms. The fourth-order valence-electron chi connectivity index (χ4n) is 3.88. The Kier molecular flexibility index (Phi) is 10.4. The van der Waals surface area contributed by atoms with Crippen molar-refractivity contribution in [3.63, 3.8) is 0 Å². The van der Waals surface area contributed by atoms with Crippen molar-refractivity contribution in [3.8, 4) is 0 Å². The highest BCUT2D eigenvalue weighted by Gasteiger charge is 2.37. The van der Waals surface area contributed by atoms with Crippen molar-refractivity contribution < 1.29 is 23.9 Å². The number of amides is 3. The lowest BCUT2D eigenvalue weighted by atomic mass is 9.89. The summed E-state index contributed by atoms with van der Waals surface area (Å²) in [5.41, 5.74) is 9.19. The van der Waals surface area contributed by atoms with Crippen LogP contribution in [-0.4, -0.2) is 79.4 Å². The van der Waals surface area contributed by atoms with Gasteiger partial charge >= 0.3 is 12.0 Å². The van der Waals surface area contributed by atoms with Gasteiger partial charge in [-0.3, -0.25) is 10.2 Å². The monoisotopic (exact) mass is 467 g/mol. The van der Waals surface area contributed by atoms with Gasteiger partial charge in [0.05, 0.1) is 0 Å². The Balaban J connectivity index is 1.88. The average Bonchev–Trinajstić information content (AvgIpc) is 2.77. The Labute approximate surface area is 194 Å². The van der Waals surface area contributed by atoms with E-state index in [4.69, 9.17) is 21.6 Å². The number of guanidine groups is 1. The first kappa shape index (κ1) is 26.4. The molecule has 12 nitrogen and oxygen atoms in total. The van der Waals surface area contributed by atoms with Gasteiger partial charge < -0.3 is 41.8 Å². The number of urea groups is 1. The van der Waals surface area contributed by atoms with Crippen molar-refractivity contribution >= 4 is 30.2 Å². The third kappa shape index (κ3) is 8.52. The van der Waals surface area contributed by atoms with E-state index in [0.717, 1.165) is 32.1 Å². The number of hydrogen-bond acceptors (Lipinski definition) is 7. The van der Waals surface area contributed by atoms with Crippen molar-refractivity contribution in [2.75, 3.05) is 32.8 Å². The fraction of sp³-hybridized carbons (Fsp3) is 0.762. The summed E-state index contributed by atoms with van der Waals surface area (Å²) in [6.07, 6.45) is 7.11. The number of carbonyl (C=O) groups excluding carboxylic acids is 4. The van der Waals surface area contributed by atoms with Gasteiger partial charge in [0.1, 0.15) is 12.6 Å². The van der Waals surface area contributed by atoms with Gasteiger partial charge in [0.15, 0.2) is 17.8 Å². The molecule has 2 rings (SSSR count). The molecule has 33 heavy (non-hydrogen) atoms. The zero-order valence-corrected chi connectivity index (χ0v) is 19.1. The van der Waals surface area contributed by atoms with Crippen LogP contribution in [-0.2, 0) is 19.1 Å². The molecular weight excluding hydrogens is 430 g/mol. The molecule has 1 saturated heterocycles. The van der Waals surface area contributed by atoms with Crippen LogP contribution in [0.5, 0.6) is 0 Å². The molecule has 0 bridgehead atoms. The molecule has 0 aromatic heterocycles. The molecule has 2 atom stereocenters. The number of esters is 1. The Hall–Kier alpha value is -2.89. The molecule has 0 unspecified atom stereocenters. The predicted molar refractivity (Wildman–Crippen MR) is 121 cm³/mol. The normalized spacial score (nSPS) is 18.8. The number of carbonyl (C=O) groups is 4. The molecule has 0 spiro atoms. The Morgan fingerprint density at radius 3 is 2.42 bits per heavy atom. The van der Waals surface area contributed by atoms with Crippen molar-refractivity contribution in [1.82, 2.24) is 20.9 Å². The smallest absolute Gasteiger partial charge is 0.333 e. The third-order valence-electron chi connectivity index (χ3n) is 6.10. The Morgan fingerprint density at radius 2 is 1.85 bits per heavy atom. The highest BCUT2D eigenvalue weighted by Crippen LogP contribution is 2.22. The fourth-order valence-corrected chi connectivity index (χ4v) is 3.88. The molecule has 1 saturated carbocycles. The quantitative estimate of drug-likeness (QED) is 0.0534. The zero-order chi connectivity index (χ0) is 24.3. The Bertz CT molecular complexity index is 709. The number of aldehydes is 1. The summed E-state index contributed by atoms with van der Waals surface area (Å²) in [7, 11) is 0. The van der Waals surface area contributed by atoms with E-state index in [0.29, 0.717) is 38.3 Å². The topological polar surface area (TPSA) is 193 Å². The van der Waals surface area contributed by atoms with Crippen LogP contribution in [0.3, 0.4) is 0 Å². The highest BCUT2D eigenvalue weighted by atomic mass is 16.5. The van der Waals surface area contributed by atoms with Gasteiger partial charge in [0, 0.05) is 26.2 Å². The molecule has 2 fully saturated rings. The molecule has 3 amide bonds. The van der Waals surface area contributed by atoms with Crippen LogP contribution < -0.4 is 27.4 Å². The highest BCUT2D eigenvalue weighted by molar-refractivity contribution is 5.98. The standard InChI is InChI=1S/C21H37N7O5/c22-19(23)25-9-4-8-21(24,14-29)18(31)33-13-16(17(30)28-10-5-11-28)27-20(32)26-12-15-6-2-1-3-7-15/h14-16H,1-13,24H2,(H4,22,23,25)(H2,26,27,32)/t16-,21+/m1/s1. The van der Waals surface area contributed by atoms with Crippen LogP contribution >= 0.6 is 0 Å². The summed E-state index contributed by atoms with van der Waals surface area (Å²) in [6, 6.07) is -1.57. The average molecular weight is 468 g/mol. The molecule has 1 aliphatic heterocycles. The lowest BCUT2D eigenvalue weighted by Crippen LogP contribution is -2.58. The maximum Gasteiger partial charge on any atom is 0.333 e. The summed E-state index contributed by atoms with van der Waals surface area (Å²) >= 11 is 0. The number of nitrogens with one attached hydrogen (secondary N) is 4. The SMILES string of the molecule is N=C(N)NCCC[C@](N)(C=O)C(=O)OC[C@@H](NC(=O)NCC1CCCCC1)C(=O)N1CCC1. The summed E-state index contributed by atoms with van der Waals surface area (Å²) in [4.78, 5) is 50.7. The maximum absolute atomic E-state index is 12.7. The summed E-state index contributed by atoms with van der Waals surface area (Å²) in [5.74, 6) is -1.13. The van der Waals surface area contributed by atoms with Gasteiger partial charge in [-0.1, -0.05) is 19.3 Å². The molecule has 186 valence electrons. The van der Waals surface area contributed by atoms with E-state index in [1.54, 1.807) is 4.90 Å². The van der Waals surface area contributed by atoms with Crippen LogP contribution in [0, 0.1) is 11.3 Å².